The SMILES string of the molecule is C1=NCCc2c1ccc1c2CCO1. The normalized spacial score (nSPS) is 17.8. The minimum Gasteiger partial charge on any atom is -0.493 e. The molecule has 2 heteroatoms. The van der Waals surface area contributed by atoms with Gasteiger partial charge in [0.1, 0.15) is 5.75 Å². The fourth-order valence-electron chi connectivity index (χ4n) is 2.12. The van der Waals surface area contributed by atoms with E-state index in [1.54, 1.807) is 0 Å². The molecule has 1 aromatic rings. The highest BCUT2D eigenvalue weighted by Gasteiger charge is 2.19. The Bertz CT molecular complexity index is 382. The Labute approximate surface area is 77.3 Å². The van der Waals surface area contributed by atoms with Gasteiger partial charge in [0.15, 0.2) is 0 Å². The first-order valence-corrected chi connectivity index (χ1v) is 4.72. The Hall–Kier alpha value is -1.31. The van der Waals surface area contributed by atoms with Crippen LogP contribution in [0.3, 0.4) is 0 Å². The molecule has 0 saturated carbocycles. The molecule has 0 aliphatic carbocycles. The molecular formula is C11H11NO. The minimum atomic E-state index is 0.850. The summed E-state index contributed by atoms with van der Waals surface area (Å²) in [7, 11) is 0. The molecule has 2 aliphatic heterocycles. The first-order chi connectivity index (χ1) is 6.45. The van der Waals surface area contributed by atoms with Crippen LogP contribution >= 0.6 is 0 Å². The number of benzene rings is 1. The molecule has 0 spiro atoms. The van der Waals surface area contributed by atoms with Crippen LogP contribution in [-0.4, -0.2) is 19.4 Å². The van der Waals surface area contributed by atoms with Crippen molar-refractivity contribution in [2.24, 2.45) is 4.99 Å². The van der Waals surface area contributed by atoms with Crippen molar-refractivity contribution in [2.45, 2.75) is 12.8 Å². The van der Waals surface area contributed by atoms with E-state index in [4.69, 9.17) is 4.74 Å². The van der Waals surface area contributed by atoms with Crippen LogP contribution in [0.25, 0.3) is 0 Å². The van der Waals surface area contributed by atoms with Crippen molar-refractivity contribution in [1.29, 1.82) is 0 Å². The Morgan fingerprint density at radius 2 is 2.15 bits per heavy atom. The molecule has 66 valence electrons. The summed E-state index contributed by atoms with van der Waals surface area (Å²) in [5.74, 6) is 1.09. The number of fused-ring (bicyclic) bond motifs is 3. The maximum absolute atomic E-state index is 5.52. The monoisotopic (exact) mass is 173 g/mol. The van der Waals surface area contributed by atoms with Gasteiger partial charge in [-0.15, -0.1) is 0 Å². The Morgan fingerprint density at radius 3 is 3.15 bits per heavy atom. The van der Waals surface area contributed by atoms with Gasteiger partial charge in [0.05, 0.1) is 6.61 Å². The smallest absolute Gasteiger partial charge is 0.122 e. The minimum absolute atomic E-state index is 0.850. The van der Waals surface area contributed by atoms with E-state index in [9.17, 15) is 0 Å². The molecule has 0 saturated heterocycles. The van der Waals surface area contributed by atoms with Crippen LogP contribution in [0.1, 0.15) is 16.7 Å². The van der Waals surface area contributed by atoms with Crippen LogP contribution in [0.15, 0.2) is 17.1 Å². The Kier molecular flexibility index (Phi) is 1.42. The lowest BCUT2D eigenvalue weighted by Crippen LogP contribution is -2.05. The van der Waals surface area contributed by atoms with Crippen molar-refractivity contribution in [3.63, 3.8) is 0 Å². The third-order valence-electron chi connectivity index (χ3n) is 2.76. The van der Waals surface area contributed by atoms with E-state index in [0.29, 0.717) is 0 Å². The Balaban J connectivity index is 2.23. The predicted molar refractivity (Wildman–Crippen MR) is 51.8 cm³/mol. The zero-order chi connectivity index (χ0) is 8.67. The van der Waals surface area contributed by atoms with Gasteiger partial charge in [-0.2, -0.15) is 0 Å². The topological polar surface area (TPSA) is 21.6 Å². The molecule has 13 heavy (non-hydrogen) atoms. The number of hydrogen-bond acceptors (Lipinski definition) is 2. The number of ether oxygens (including phenoxy) is 1. The van der Waals surface area contributed by atoms with Crippen LogP contribution in [0.4, 0.5) is 0 Å². The molecule has 2 nitrogen and oxygen atoms in total. The summed E-state index contributed by atoms with van der Waals surface area (Å²) in [6.45, 7) is 1.78. The highest BCUT2D eigenvalue weighted by atomic mass is 16.5. The fourth-order valence-corrected chi connectivity index (χ4v) is 2.12. The van der Waals surface area contributed by atoms with Crippen molar-refractivity contribution >= 4 is 6.21 Å². The van der Waals surface area contributed by atoms with E-state index in [0.717, 1.165) is 31.7 Å². The van der Waals surface area contributed by atoms with Crippen molar-refractivity contribution in [3.8, 4) is 5.75 Å². The van der Waals surface area contributed by atoms with Gasteiger partial charge < -0.3 is 4.74 Å². The molecule has 2 heterocycles. The molecule has 0 atom stereocenters. The van der Waals surface area contributed by atoms with Gasteiger partial charge in [-0.05, 0) is 29.7 Å². The van der Waals surface area contributed by atoms with Crippen LogP contribution in [0.5, 0.6) is 5.75 Å². The highest BCUT2D eigenvalue weighted by molar-refractivity contribution is 5.84. The van der Waals surface area contributed by atoms with E-state index >= 15 is 0 Å². The second-order valence-electron chi connectivity index (χ2n) is 3.49. The van der Waals surface area contributed by atoms with Crippen molar-refractivity contribution in [3.05, 3.63) is 28.8 Å². The summed E-state index contributed by atoms with van der Waals surface area (Å²) in [5.41, 5.74) is 4.17. The zero-order valence-corrected chi connectivity index (χ0v) is 7.42. The molecule has 0 radical (unpaired) electrons. The average molecular weight is 173 g/mol. The van der Waals surface area contributed by atoms with Gasteiger partial charge in [0.2, 0.25) is 0 Å². The van der Waals surface area contributed by atoms with E-state index in [-0.39, 0.29) is 0 Å². The van der Waals surface area contributed by atoms with Gasteiger partial charge in [-0.3, -0.25) is 4.99 Å². The molecule has 0 N–H and O–H groups in total. The molecule has 0 fully saturated rings. The highest BCUT2D eigenvalue weighted by Crippen LogP contribution is 2.31. The summed E-state index contributed by atoms with van der Waals surface area (Å²) in [6.07, 6.45) is 4.14. The van der Waals surface area contributed by atoms with Crippen LogP contribution < -0.4 is 4.74 Å². The fraction of sp³-hybridized carbons (Fsp3) is 0.364. The molecule has 3 rings (SSSR count). The third kappa shape index (κ3) is 0.981. The standard InChI is InChI=1S/C11H11NO/c1-2-11-10(4-6-13-11)9-3-5-12-7-8(1)9/h1-2,7H,3-6H2. The number of rotatable bonds is 0. The summed E-state index contributed by atoms with van der Waals surface area (Å²) in [6, 6.07) is 4.18. The lowest BCUT2D eigenvalue weighted by Gasteiger charge is -2.12. The number of hydrogen-bond donors (Lipinski definition) is 0. The third-order valence-corrected chi connectivity index (χ3v) is 2.76. The van der Waals surface area contributed by atoms with E-state index in [1.165, 1.54) is 16.7 Å². The van der Waals surface area contributed by atoms with Gasteiger partial charge in [0.25, 0.3) is 0 Å². The quantitative estimate of drug-likeness (QED) is 0.584. The Morgan fingerprint density at radius 1 is 1.15 bits per heavy atom. The summed E-state index contributed by atoms with van der Waals surface area (Å²) in [5, 5.41) is 0. The van der Waals surface area contributed by atoms with Gasteiger partial charge in [-0.25, -0.2) is 0 Å². The molecule has 0 aromatic heterocycles. The molecular weight excluding hydrogens is 162 g/mol. The van der Waals surface area contributed by atoms with E-state index in [2.05, 4.69) is 17.1 Å². The summed E-state index contributed by atoms with van der Waals surface area (Å²) < 4.78 is 5.52. The average Bonchev–Trinajstić information content (AvgIpc) is 2.65. The predicted octanol–water partition coefficient (Wildman–Crippen LogP) is 1.60. The van der Waals surface area contributed by atoms with Crippen LogP contribution in [-0.2, 0) is 12.8 Å². The molecule has 2 aliphatic rings. The van der Waals surface area contributed by atoms with Crippen LogP contribution in [0, 0.1) is 0 Å². The lowest BCUT2D eigenvalue weighted by molar-refractivity contribution is 0.357. The summed E-state index contributed by atoms with van der Waals surface area (Å²) in [4.78, 5) is 4.28. The van der Waals surface area contributed by atoms with Gasteiger partial charge in [-0.1, -0.05) is 0 Å². The second-order valence-corrected chi connectivity index (χ2v) is 3.49. The van der Waals surface area contributed by atoms with E-state index < -0.39 is 0 Å². The van der Waals surface area contributed by atoms with Crippen LogP contribution in [0.2, 0.25) is 0 Å². The van der Waals surface area contributed by atoms with Crippen molar-refractivity contribution in [2.75, 3.05) is 13.2 Å². The molecule has 1 aromatic carbocycles. The molecule has 0 unspecified atom stereocenters. The largest absolute Gasteiger partial charge is 0.493 e. The maximum atomic E-state index is 5.52. The van der Waals surface area contributed by atoms with Crippen molar-refractivity contribution in [1.82, 2.24) is 0 Å². The molecule has 0 bridgehead atoms. The van der Waals surface area contributed by atoms with Crippen molar-refractivity contribution < 1.29 is 4.74 Å². The second kappa shape index (κ2) is 2.59. The summed E-state index contributed by atoms with van der Waals surface area (Å²) >= 11 is 0. The maximum Gasteiger partial charge on any atom is 0.122 e. The first kappa shape index (κ1) is 7.13. The number of aliphatic imine (C=N–C) groups is 1. The lowest BCUT2D eigenvalue weighted by atomic mass is 9.95. The first-order valence-electron chi connectivity index (χ1n) is 4.72. The number of nitrogens with zero attached hydrogens (tertiary/aromatic N) is 1. The van der Waals surface area contributed by atoms with Gasteiger partial charge in [0, 0.05) is 24.7 Å². The molecule has 0 amide bonds. The zero-order valence-electron chi connectivity index (χ0n) is 7.42. The van der Waals surface area contributed by atoms with E-state index in [1.807, 2.05) is 6.21 Å². The van der Waals surface area contributed by atoms with Gasteiger partial charge >= 0.3 is 0 Å².